The van der Waals surface area contributed by atoms with E-state index in [4.69, 9.17) is 14.2 Å². The molecule has 0 spiro atoms. The molecule has 8 heteroatoms. The molecule has 0 saturated carbocycles. The summed E-state index contributed by atoms with van der Waals surface area (Å²) in [4.78, 5) is 24.3. The fourth-order valence-corrected chi connectivity index (χ4v) is 2.63. The van der Waals surface area contributed by atoms with E-state index in [0.717, 1.165) is 5.56 Å². The highest BCUT2D eigenvalue weighted by Crippen LogP contribution is 2.28. The van der Waals surface area contributed by atoms with Crippen LogP contribution in [-0.2, 0) is 16.1 Å². The molecular formula is C21H21N3O5. The highest BCUT2D eigenvalue weighted by atomic mass is 16.5. The van der Waals surface area contributed by atoms with Crippen molar-refractivity contribution in [3.05, 3.63) is 72.1 Å². The van der Waals surface area contributed by atoms with Gasteiger partial charge in [-0.25, -0.2) is 4.79 Å². The quantitative estimate of drug-likeness (QED) is 0.590. The average Bonchev–Trinajstić information content (AvgIpc) is 3.21. The number of carbonyl (C=O) groups excluding carboxylic acids is 2. The van der Waals surface area contributed by atoms with E-state index in [-0.39, 0.29) is 5.56 Å². The first kappa shape index (κ1) is 19.9. The third kappa shape index (κ3) is 5.35. The second-order valence-corrected chi connectivity index (χ2v) is 6.10. The molecule has 8 nitrogen and oxygen atoms in total. The van der Waals surface area contributed by atoms with Gasteiger partial charge in [-0.1, -0.05) is 30.3 Å². The molecular weight excluding hydrogens is 374 g/mol. The highest BCUT2D eigenvalue weighted by molar-refractivity contribution is 5.96. The maximum atomic E-state index is 12.2. The predicted molar refractivity (Wildman–Crippen MR) is 106 cm³/mol. The molecule has 0 bridgehead atoms. The van der Waals surface area contributed by atoms with Crippen LogP contribution in [0.25, 0.3) is 0 Å². The van der Waals surface area contributed by atoms with Gasteiger partial charge in [0, 0.05) is 12.3 Å². The second-order valence-electron chi connectivity index (χ2n) is 6.10. The summed E-state index contributed by atoms with van der Waals surface area (Å²) in [6.45, 7) is 0.101. The molecule has 0 fully saturated rings. The number of carbonyl (C=O) groups is 2. The Morgan fingerprint density at radius 3 is 2.59 bits per heavy atom. The van der Waals surface area contributed by atoms with Crippen LogP contribution in [0.2, 0.25) is 0 Å². The van der Waals surface area contributed by atoms with Crippen molar-refractivity contribution in [1.29, 1.82) is 0 Å². The number of esters is 1. The molecule has 29 heavy (non-hydrogen) atoms. The number of rotatable bonds is 8. The van der Waals surface area contributed by atoms with Crippen molar-refractivity contribution in [3.63, 3.8) is 0 Å². The lowest BCUT2D eigenvalue weighted by Gasteiger charge is -2.11. The molecule has 0 unspecified atom stereocenters. The van der Waals surface area contributed by atoms with Gasteiger partial charge in [-0.2, -0.15) is 5.10 Å². The maximum absolute atomic E-state index is 12.2. The Balaban J connectivity index is 1.53. The molecule has 0 atom stereocenters. The van der Waals surface area contributed by atoms with Gasteiger partial charge in [0.1, 0.15) is 11.5 Å². The summed E-state index contributed by atoms with van der Waals surface area (Å²) in [5, 5.41) is 6.79. The van der Waals surface area contributed by atoms with E-state index >= 15 is 0 Å². The van der Waals surface area contributed by atoms with Crippen LogP contribution >= 0.6 is 0 Å². The fourth-order valence-electron chi connectivity index (χ4n) is 2.63. The minimum atomic E-state index is -0.624. The summed E-state index contributed by atoms with van der Waals surface area (Å²) in [6.07, 6.45) is 3.00. The van der Waals surface area contributed by atoms with Gasteiger partial charge in [-0.15, -0.1) is 0 Å². The number of nitrogens with one attached hydrogen (secondary N) is 1. The third-order valence-corrected chi connectivity index (χ3v) is 4.07. The summed E-state index contributed by atoms with van der Waals surface area (Å²) in [7, 11) is 3.02. The fraction of sp³-hybridized carbons (Fsp3) is 0.190. The van der Waals surface area contributed by atoms with Gasteiger partial charge in [-0.05, 0) is 17.7 Å². The normalized spacial score (nSPS) is 10.3. The Hall–Kier alpha value is -3.81. The molecule has 0 aliphatic heterocycles. The van der Waals surface area contributed by atoms with Crippen LogP contribution in [0, 0.1) is 0 Å². The van der Waals surface area contributed by atoms with Crippen molar-refractivity contribution < 1.29 is 23.8 Å². The monoisotopic (exact) mass is 395 g/mol. The summed E-state index contributed by atoms with van der Waals surface area (Å²) < 4.78 is 17.0. The number of aromatic nitrogens is 2. The molecule has 1 N–H and O–H groups in total. The van der Waals surface area contributed by atoms with Crippen molar-refractivity contribution in [2.75, 3.05) is 26.1 Å². The molecule has 0 aliphatic carbocycles. The van der Waals surface area contributed by atoms with Gasteiger partial charge in [0.25, 0.3) is 5.91 Å². The SMILES string of the molecule is COc1ccc(NC(=O)COC(=O)c2cnn(Cc3ccccc3)c2)c(OC)c1. The van der Waals surface area contributed by atoms with Gasteiger partial charge in [0.2, 0.25) is 0 Å². The average molecular weight is 395 g/mol. The van der Waals surface area contributed by atoms with Crippen LogP contribution in [0.1, 0.15) is 15.9 Å². The zero-order valence-corrected chi connectivity index (χ0v) is 16.1. The van der Waals surface area contributed by atoms with Gasteiger partial charge < -0.3 is 19.5 Å². The van der Waals surface area contributed by atoms with Crippen LogP contribution in [-0.4, -0.2) is 42.5 Å². The Kier molecular flexibility index (Phi) is 6.47. The number of benzene rings is 2. The first-order valence-corrected chi connectivity index (χ1v) is 8.84. The molecule has 0 radical (unpaired) electrons. The lowest BCUT2D eigenvalue weighted by molar-refractivity contribution is -0.119. The van der Waals surface area contributed by atoms with Crippen molar-refractivity contribution in [2.24, 2.45) is 0 Å². The number of methoxy groups -OCH3 is 2. The zero-order chi connectivity index (χ0) is 20.6. The minimum absolute atomic E-state index is 0.274. The smallest absolute Gasteiger partial charge is 0.341 e. The number of anilines is 1. The summed E-state index contributed by atoms with van der Waals surface area (Å²) >= 11 is 0. The van der Waals surface area contributed by atoms with Crippen LogP contribution < -0.4 is 14.8 Å². The van der Waals surface area contributed by atoms with Crippen molar-refractivity contribution in [3.8, 4) is 11.5 Å². The van der Waals surface area contributed by atoms with Crippen LogP contribution in [0.4, 0.5) is 5.69 Å². The number of amides is 1. The van der Waals surface area contributed by atoms with E-state index in [9.17, 15) is 9.59 Å². The highest BCUT2D eigenvalue weighted by Gasteiger charge is 2.14. The van der Waals surface area contributed by atoms with Gasteiger partial charge in [-0.3, -0.25) is 9.48 Å². The molecule has 3 aromatic rings. The van der Waals surface area contributed by atoms with E-state index in [0.29, 0.717) is 23.7 Å². The summed E-state index contributed by atoms with van der Waals surface area (Å²) in [5.41, 5.74) is 1.78. The van der Waals surface area contributed by atoms with E-state index in [1.807, 2.05) is 30.3 Å². The van der Waals surface area contributed by atoms with Gasteiger partial charge in [0.05, 0.1) is 38.2 Å². The van der Waals surface area contributed by atoms with Crippen molar-refractivity contribution >= 4 is 17.6 Å². The zero-order valence-electron chi connectivity index (χ0n) is 16.1. The van der Waals surface area contributed by atoms with Crippen LogP contribution in [0.5, 0.6) is 11.5 Å². The van der Waals surface area contributed by atoms with Crippen LogP contribution in [0.3, 0.4) is 0 Å². The van der Waals surface area contributed by atoms with Gasteiger partial charge >= 0.3 is 5.97 Å². The second kappa shape index (κ2) is 9.41. The molecule has 1 heterocycles. The Labute approximate surface area is 168 Å². The predicted octanol–water partition coefficient (Wildman–Crippen LogP) is 2.74. The minimum Gasteiger partial charge on any atom is -0.497 e. The lowest BCUT2D eigenvalue weighted by Crippen LogP contribution is -2.21. The lowest BCUT2D eigenvalue weighted by atomic mass is 10.2. The van der Waals surface area contributed by atoms with E-state index in [2.05, 4.69) is 10.4 Å². The molecule has 150 valence electrons. The third-order valence-electron chi connectivity index (χ3n) is 4.07. The first-order chi connectivity index (χ1) is 14.1. The first-order valence-electron chi connectivity index (χ1n) is 8.84. The standard InChI is InChI=1S/C21H21N3O5/c1-27-17-8-9-18(19(10-17)28-2)23-20(25)14-29-21(26)16-11-22-24(13-16)12-15-6-4-3-5-7-15/h3-11,13H,12,14H2,1-2H3,(H,23,25). The van der Waals surface area contributed by atoms with E-state index in [1.165, 1.54) is 20.4 Å². The number of hydrogen-bond donors (Lipinski definition) is 1. The van der Waals surface area contributed by atoms with Crippen LogP contribution in [0.15, 0.2) is 60.9 Å². The van der Waals surface area contributed by atoms with Gasteiger partial charge in [0.15, 0.2) is 6.61 Å². The molecule has 1 amide bonds. The summed E-state index contributed by atoms with van der Waals surface area (Å²) in [5.74, 6) is -0.0790. The molecule has 0 saturated heterocycles. The maximum Gasteiger partial charge on any atom is 0.341 e. The molecule has 1 aromatic heterocycles. The Morgan fingerprint density at radius 1 is 1.07 bits per heavy atom. The number of nitrogens with zero attached hydrogens (tertiary/aromatic N) is 2. The molecule has 3 rings (SSSR count). The topological polar surface area (TPSA) is 91.7 Å². The van der Waals surface area contributed by atoms with Crippen molar-refractivity contribution in [1.82, 2.24) is 9.78 Å². The molecule has 0 aliphatic rings. The molecule has 2 aromatic carbocycles. The number of hydrogen-bond acceptors (Lipinski definition) is 6. The largest absolute Gasteiger partial charge is 0.497 e. The Morgan fingerprint density at radius 2 is 1.86 bits per heavy atom. The Bertz CT molecular complexity index is 985. The van der Waals surface area contributed by atoms with E-state index in [1.54, 1.807) is 29.1 Å². The van der Waals surface area contributed by atoms with E-state index < -0.39 is 18.5 Å². The number of ether oxygens (including phenoxy) is 3. The van der Waals surface area contributed by atoms with Crippen molar-refractivity contribution in [2.45, 2.75) is 6.54 Å². The summed E-state index contributed by atoms with van der Waals surface area (Å²) in [6, 6.07) is 14.7.